The van der Waals surface area contributed by atoms with Crippen LogP contribution in [0.2, 0.25) is 0 Å². The van der Waals surface area contributed by atoms with Crippen molar-refractivity contribution in [2.75, 3.05) is 13.2 Å². The molecular formula is C14H15F5O6. The van der Waals surface area contributed by atoms with E-state index in [0.29, 0.717) is 0 Å². The van der Waals surface area contributed by atoms with E-state index in [4.69, 9.17) is 5.11 Å². The molecule has 0 saturated carbocycles. The lowest BCUT2D eigenvalue weighted by atomic mass is 10.2. The number of ether oxygens (including phenoxy) is 3. The second kappa shape index (κ2) is 10.3. The summed E-state index contributed by atoms with van der Waals surface area (Å²) in [7, 11) is 0. The standard InChI is InChI=1S/C12H9F5O6.C2H6/c1-4(2-21-11(18)19)3-22-12(20)23-10-8(16)6(14)5(13)7(15)9(10)17;1-2/h4H,2-3H2,1H3,(H,18,19);1-2H3. The van der Waals surface area contributed by atoms with Crippen LogP contribution in [0.25, 0.3) is 0 Å². The molecular weight excluding hydrogens is 359 g/mol. The molecule has 1 aromatic rings. The fourth-order valence-corrected chi connectivity index (χ4v) is 1.26. The minimum Gasteiger partial charge on any atom is -0.450 e. The molecule has 0 saturated heterocycles. The molecule has 0 aliphatic rings. The molecule has 142 valence electrons. The van der Waals surface area contributed by atoms with Gasteiger partial charge in [0.2, 0.25) is 34.8 Å². The lowest BCUT2D eigenvalue weighted by Gasteiger charge is -2.12. The van der Waals surface area contributed by atoms with E-state index < -0.39 is 59.7 Å². The Labute approximate surface area is 139 Å². The van der Waals surface area contributed by atoms with Gasteiger partial charge in [-0.2, -0.15) is 8.78 Å². The SMILES string of the molecule is CC.CC(COC(=O)O)COC(=O)Oc1c(F)c(F)c(F)c(F)c1F. The van der Waals surface area contributed by atoms with E-state index in [1.165, 1.54) is 6.92 Å². The highest BCUT2D eigenvalue weighted by atomic mass is 19.2. The normalized spacial score (nSPS) is 11.0. The number of hydrogen-bond donors (Lipinski definition) is 1. The number of hydrogen-bond acceptors (Lipinski definition) is 5. The monoisotopic (exact) mass is 374 g/mol. The summed E-state index contributed by atoms with van der Waals surface area (Å²) in [6.07, 6.45) is -3.31. The van der Waals surface area contributed by atoms with Gasteiger partial charge in [-0.1, -0.05) is 20.8 Å². The van der Waals surface area contributed by atoms with Gasteiger partial charge in [-0.25, -0.2) is 22.8 Å². The third-order valence-electron chi connectivity index (χ3n) is 2.33. The van der Waals surface area contributed by atoms with E-state index in [2.05, 4.69) is 14.2 Å². The van der Waals surface area contributed by atoms with Crippen molar-refractivity contribution < 1.29 is 50.9 Å². The third-order valence-corrected chi connectivity index (χ3v) is 2.33. The van der Waals surface area contributed by atoms with Gasteiger partial charge in [-0.05, 0) is 0 Å². The zero-order valence-corrected chi connectivity index (χ0v) is 13.4. The predicted octanol–water partition coefficient (Wildman–Crippen LogP) is 4.25. The van der Waals surface area contributed by atoms with E-state index in [0.717, 1.165) is 0 Å². The highest BCUT2D eigenvalue weighted by Gasteiger charge is 2.29. The largest absolute Gasteiger partial charge is 0.514 e. The van der Waals surface area contributed by atoms with Crippen molar-refractivity contribution in [2.24, 2.45) is 5.92 Å². The lowest BCUT2D eigenvalue weighted by molar-refractivity contribution is 0.0495. The maximum absolute atomic E-state index is 13.2. The second-order valence-electron chi connectivity index (χ2n) is 4.24. The molecule has 0 radical (unpaired) electrons. The van der Waals surface area contributed by atoms with Crippen molar-refractivity contribution in [3.8, 4) is 5.75 Å². The van der Waals surface area contributed by atoms with Crippen LogP contribution in [0.15, 0.2) is 0 Å². The molecule has 1 N–H and O–H groups in total. The highest BCUT2D eigenvalue weighted by Crippen LogP contribution is 2.29. The fourth-order valence-electron chi connectivity index (χ4n) is 1.26. The first kappa shape index (κ1) is 22.4. The molecule has 0 aliphatic heterocycles. The topological polar surface area (TPSA) is 82.1 Å². The minimum absolute atomic E-state index is 0.356. The Balaban J connectivity index is 0.00000277. The Kier molecular flexibility index (Phi) is 9.24. The summed E-state index contributed by atoms with van der Waals surface area (Å²) in [6.45, 7) is 4.56. The molecule has 0 heterocycles. The van der Waals surface area contributed by atoms with Crippen molar-refractivity contribution in [3.05, 3.63) is 29.1 Å². The summed E-state index contributed by atoms with van der Waals surface area (Å²) >= 11 is 0. The van der Waals surface area contributed by atoms with Crippen LogP contribution in [0.5, 0.6) is 5.75 Å². The number of carbonyl (C=O) groups is 2. The molecule has 0 bridgehead atoms. The van der Waals surface area contributed by atoms with Crippen molar-refractivity contribution in [1.82, 2.24) is 0 Å². The number of carbonyl (C=O) groups excluding carboxylic acids is 1. The lowest BCUT2D eigenvalue weighted by Crippen LogP contribution is -2.20. The van der Waals surface area contributed by atoms with Crippen LogP contribution in [-0.2, 0) is 9.47 Å². The van der Waals surface area contributed by atoms with E-state index in [-0.39, 0.29) is 6.61 Å². The average Bonchev–Trinajstić information content (AvgIpc) is 2.60. The first-order chi connectivity index (χ1) is 11.6. The summed E-state index contributed by atoms with van der Waals surface area (Å²) in [5, 5.41) is 8.23. The van der Waals surface area contributed by atoms with Gasteiger partial charge in [0.25, 0.3) is 0 Å². The summed E-state index contributed by atoms with van der Waals surface area (Å²) < 4.78 is 77.5. The quantitative estimate of drug-likeness (QED) is 0.273. The number of rotatable bonds is 5. The third kappa shape index (κ3) is 6.43. The summed E-state index contributed by atoms with van der Waals surface area (Å²) in [6, 6.07) is 0. The summed E-state index contributed by atoms with van der Waals surface area (Å²) in [5.74, 6) is -14.1. The smallest absolute Gasteiger partial charge is 0.450 e. The van der Waals surface area contributed by atoms with E-state index in [9.17, 15) is 31.5 Å². The molecule has 11 heteroatoms. The second-order valence-corrected chi connectivity index (χ2v) is 4.24. The van der Waals surface area contributed by atoms with Crippen molar-refractivity contribution in [3.63, 3.8) is 0 Å². The fraction of sp³-hybridized carbons (Fsp3) is 0.429. The molecule has 0 amide bonds. The molecule has 25 heavy (non-hydrogen) atoms. The van der Waals surface area contributed by atoms with Crippen molar-refractivity contribution in [1.29, 1.82) is 0 Å². The molecule has 0 spiro atoms. The van der Waals surface area contributed by atoms with Crippen LogP contribution >= 0.6 is 0 Å². The molecule has 1 atom stereocenters. The first-order valence-electron chi connectivity index (χ1n) is 6.86. The number of carboxylic acid groups (broad SMARTS) is 1. The van der Waals surface area contributed by atoms with Crippen LogP contribution in [0.3, 0.4) is 0 Å². The highest BCUT2D eigenvalue weighted by molar-refractivity contribution is 5.64. The maximum Gasteiger partial charge on any atom is 0.514 e. The van der Waals surface area contributed by atoms with Gasteiger partial charge in [0.15, 0.2) is 0 Å². The zero-order chi connectivity index (χ0) is 19.7. The van der Waals surface area contributed by atoms with Crippen LogP contribution in [0.1, 0.15) is 20.8 Å². The predicted molar refractivity (Wildman–Crippen MR) is 72.7 cm³/mol. The first-order valence-corrected chi connectivity index (χ1v) is 6.86. The molecule has 0 fully saturated rings. The van der Waals surface area contributed by atoms with Crippen molar-refractivity contribution >= 4 is 12.3 Å². The van der Waals surface area contributed by atoms with Crippen LogP contribution in [0.4, 0.5) is 31.5 Å². The number of benzene rings is 1. The summed E-state index contributed by atoms with van der Waals surface area (Å²) in [5.41, 5.74) is 0. The molecule has 1 unspecified atom stereocenters. The van der Waals surface area contributed by atoms with Gasteiger partial charge >= 0.3 is 12.3 Å². The molecule has 1 rings (SSSR count). The Morgan fingerprint density at radius 2 is 1.28 bits per heavy atom. The molecule has 0 aromatic heterocycles. The molecule has 6 nitrogen and oxygen atoms in total. The number of halogens is 5. The molecule has 1 aromatic carbocycles. The molecule has 0 aliphatic carbocycles. The van der Waals surface area contributed by atoms with Gasteiger partial charge < -0.3 is 19.3 Å². The Morgan fingerprint density at radius 3 is 1.72 bits per heavy atom. The van der Waals surface area contributed by atoms with Gasteiger partial charge in [0.1, 0.15) is 13.2 Å². The van der Waals surface area contributed by atoms with E-state index in [1.807, 2.05) is 13.8 Å². The summed E-state index contributed by atoms with van der Waals surface area (Å²) in [4.78, 5) is 21.3. The zero-order valence-electron chi connectivity index (χ0n) is 13.4. The average molecular weight is 374 g/mol. The Hall–Kier alpha value is -2.59. The van der Waals surface area contributed by atoms with Crippen molar-refractivity contribution in [2.45, 2.75) is 20.8 Å². The van der Waals surface area contributed by atoms with E-state index >= 15 is 0 Å². The van der Waals surface area contributed by atoms with Crippen LogP contribution in [-0.4, -0.2) is 30.6 Å². The van der Waals surface area contributed by atoms with Crippen LogP contribution < -0.4 is 4.74 Å². The van der Waals surface area contributed by atoms with Crippen LogP contribution in [0, 0.1) is 35.0 Å². The van der Waals surface area contributed by atoms with E-state index in [1.54, 1.807) is 0 Å². The Morgan fingerprint density at radius 1 is 0.880 bits per heavy atom. The van der Waals surface area contributed by atoms with Gasteiger partial charge in [0, 0.05) is 5.92 Å². The minimum atomic E-state index is -2.40. The Bertz CT molecular complexity index is 593. The van der Waals surface area contributed by atoms with Gasteiger partial charge in [-0.3, -0.25) is 0 Å². The van der Waals surface area contributed by atoms with Gasteiger partial charge in [-0.15, -0.1) is 0 Å². The van der Waals surface area contributed by atoms with Gasteiger partial charge in [0.05, 0.1) is 0 Å². The maximum atomic E-state index is 13.2.